The quantitative estimate of drug-likeness (QED) is 0.673. The molecule has 2 aliphatic carbocycles. The van der Waals surface area contributed by atoms with Crippen molar-refractivity contribution in [2.75, 3.05) is 7.11 Å². The number of halogens is 3. The van der Waals surface area contributed by atoms with Crippen LogP contribution in [0.2, 0.25) is 0 Å². The van der Waals surface area contributed by atoms with Gasteiger partial charge in [0, 0.05) is 0 Å². The molecule has 0 saturated heterocycles. The van der Waals surface area contributed by atoms with Crippen LogP contribution in [0.25, 0.3) is 0 Å². The molecule has 5 heteroatoms. The molecule has 0 N–H and O–H groups in total. The largest absolute Gasteiger partial charge is 0.468 e. The van der Waals surface area contributed by atoms with Gasteiger partial charge >= 0.3 is 12.1 Å². The zero-order valence-corrected chi connectivity index (χ0v) is 12.0. The van der Waals surface area contributed by atoms with Crippen molar-refractivity contribution >= 4 is 5.97 Å². The molecule has 0 aromatic heterocycles. The monoisotopic (exact) mass is 280 g/mol. The summed E-state index contributed by atoms with van der Waals surface area (Å²) in [5.74, 6) is -0.770. The van der Waals surface area contributed by atoms with Crippen molar-refractivity contribution in [3.05, 3.63) is 0 Å². The first-order chi connectivity index (χ1) is 8.65. The number of carbonyl (C=O) groups is 1. The lowest BCUT2D eigenvalue weighted by molar-refractivity contribution is -0.246. The molecule has 3 unspecified atom stereocenters. The Morgan fingerprint density at radius 2 is 1.79 bits per heavy atom. The summed E-state index contributed by atoms with van der Waals surface area (Å²) in [6.45, 7) is 6.50. The second kappa shape index (κ2) is 5.71. The summed E-state index contributed by atoms with van der Waals surface area (Å²) < 4.78 is 43.4. The summed E-state index contributed by atoms with van der Waals surface area (Å²) in [6, 6.07) is 0. The molecule has 2 rings (SSSR count). The third-order valence-corrected chi connectivity index (χ3v) is 3.90. The molecule has 112 valence electrons. The molecule has 0 aromatic carbocycles. The number of hydrogen-bond donors (Lipinski definition) is 0. The Morgan fingerprint density at radius 3 is 2.05 bits per heavy atom. The zero-order chi connectivity index (χ0) is 14.8. The van der Waals surface area contributed by atoms with E-state index in [1.165, 1.54) is 0 Å². The Morgan fingerprint density at radius 1 is 1.26 bits per heavy atom. The summed E-state index contributed by atoms with van der Waals surface area (Å²) >= 11 is 0. The Labute approximate surface area is 112 Å². The average molecular weight is 280 g/mol. The van der Waals surface area contributed by atoms with Gasteiger partial charge in [0.05, 0.1) is 7.11 Å². The summed E-state index contributed by atoms with van der Waals surface area (Å²) in [4.78, 5) is 11.4. The van der Waals surface area contributed by atoms with E-state index in [9.17, 15) is 18.0 Å². The highest BCUT2D eigenvalue weighted by Crippen LogP contribution is 2.62. The second-order valence-electron chi connectivity index (χ2n) is 6.27. The molecule has 19 heavy (non-hydrogen) atoms. The highest BCUT2D eigenvalue weighted by molar-refractivity contribution is 5.79. The van der Waals surface area contributed by atoms with Gasteiger partial charge in [-0.25, -0.2) is 0 Å². The summed E-state index contributed by atoms with van der Waals surface area (Å²) in [7, 11) is 1.03. The molecule has 2 fully saturated rings. The van der Waals surface area contributed by atoms with E-state index in [4.69, 9.17) is 0 Å². The van der Waals surface area contributed by atoms with Gasteiger partial charge in [0.1, 0.15) is 0 Å². The first-order valence-electron chi connectivity index (χ1n) is 6.80. The van der Waals surface area contributed by atoms with E-state index in [1.54, 1.807) is 0 Å². The number of alkyl halides is 3. The Kier molecular flexibility index (Phi) is 4.91. The van der Waals surface area contributed by atoms with Crippen LogP contribution in [0.3, 0.4) is 0 Å². The number of ether oxygens (including phenoxy) is 1. The topological polar surface area (TPSA) is 26.3 Å². The lowest BCUT2D eigenvalue weighted by atomic mass is 9.72. The van der Waals surface area contributed by atoms with Gasteiger partial charge in [0.2, 0.25) is 0 Å². The maximum Gasteiger partial charge on any atom is 0.405 e. The molecule has 2 nitrogen and oxygen atoms in total. The minimum absolute atomic E-state index is 0.0516. The predicted octanol–water partition coefficient (Wildman–Crippen LogP) is 4.19. The third-order valence-electron chi connectivity index (χ3n) is 3.90. The molecule has 2 bridgehead atoms. The standard InChI is InChI=1S/C10H13F3O2.C4H10/c1-15-8(14)9(10(11,12)13)5-6-2-3-7(9)4-6;1-4(2)3/h6-7H,2-5H2,1H3;4H,1-3H3. The van der Waals surface area contributed by atoms with Crippen LogP contribution < -0.4 is 0 Å². The molecular formula is C14H23F3O2. The zero-order valence-electron chi connectivity index (χ0n) is 12.0. The maximum absolute atomic E-state index is 13.0. The van der Waals surface area contributed by atoms with E-state index < -0.39 is 23.5 Å². The highest BCUT2D eigenvalue weighted by atomic mass is 19.4. The van der Waals surface area contributed by atoms with Crippen LogP contribution in [-0.2, 0) is 9.53 Å². The fraction of sp³-hybridized carbons (Fsp3) is 0.929. The first kappa shape index (κ1) is 16.3. The smallest absolute Gasteiger partial charge is 0.405 e. The van der Waals surface area contributed by atoms with Crippen molar-refractivity contribution in [2.24, 2.45) is 23.2 Å². The van der Waals surface area contributed by atoms with E-state index in [0.717, 1.165) is 19.4 Å². The molecule has 3 atom stereocenters. The van der Waals surface area contributed by atoms with Gasteiger partial charge in [0.25, 0.3) is 0 Å². The maximum atomic E-state index is 13.0. The highest BCUT2D eigenvalue weighted by Gasteiger charge is 2.70. The van der Waals surface area contributed by atoms with Gasteiger partial charge < -0.3 is 4.74 Å². The number of carbonyl (C=O) groups excluding carboxylic acids is 1. The number of hydrogen-bond acceptors (Lipinski definition) is 2. The van der Waals surface area contributed by atoms with Gasteiger partial charge in [0.15, 0.2) is 5.41 Å². The number of methoxy groups -OCH3 is 1. The van der Waals surface area contributed by atoms with Gasteiger partial charge in [-0.2, -0.15) is 13.2 Å². The number of fused-ring (bicyclic) bond motifs is 2. The van der Waals surface area contributed by atoms with Crippen molar-refractivity contribution in [3.63, 3.8) is 0 Å². The fourth-order valence-corrected chi connectivity index (χ4v) is 3.22. The van der Waals surface area contributed by atoms with E-state index >= 15 is 0 Å². The molecule has 0 amide bonds. The van der Waals surface area contributed by atoms with Crippen LogP contribution >= 0.6 is 0 Å². The van der Waals surface area contributed by atoms with Crippen molar-refractivity contribution in [2.45, 2.75) is 52.6 Å². The van der Waals surface area contributed by atoms with E-state index in [1.807, 2.05) is 0 Å². The predicted molar refractivity (Wildman–Crippen MR) is 66.5 cm³/mol. The van der Waals surface area contributed by atoms with Gasteiger partial charge in [-0.1, -0.05) is 27.2 Å². The van der Waals surface area contributed by atoms with Gasteiger partial charge in [-0.05, 0) is 37.0 Å². The molecule has 0 heterocycles. The molecule has 0 aromatic rings. The fourth-order valence-electron chi connectivity index (χ4n) is 3.22. The van der Waals surface area contributed by atoms with Crippen LogP contribution in [0.1, 0.15) is 46.5 Å². The van der Waals surface area contributed by atoms with Crippen LogP contribution in [0.5, 0.6) is 0 Å². The molecule has 0 spiro atoms. The van der Waals surface area contributed by atoms with Crippen LogP contribution in [0.4, 0.5) is 13.2 Å². The summed E-state index contributed by atoms with van der Waals surface area (Å²) in [5, 5.41) is 0. The Balaban J connectivity index is 0.000000399. The normalized spacial score (nSPS) is 33.1. The van der Waals surface area contributed by atoms with Crippen molar-refractivity contribution in [1.82, 2.24) is 0 Å². The summed E-state index contributed by atoms with van der Waals surface area (Å²) in [6.07, 6.45) is -2.71. The molecule has 0 radical (unpaired) electrons. The van der Waals surface area contributed by atoms with Crippen LogP contribution in [0, 0.1) is 23.2 Å². The minimum atomic E-state index is -4.47. The van der Waals surface area contributed by atoms with Gasteiger partial charge in [-0.3, -0.25) is 4.79 Å². The van der Waals surface area contributed by atoms with E-state index in [-0.39, 0.29) is 12.3 Å². The minimum Gasteiger partial charge on any atom is -0.468 e. The number of esters is 1. The molecule has 2 saturated carbocycles. The number of rotatable bonds is 1. The van der Waals surface area contributed by atoms with Crippen LogP contribution in [0.15, 0.2) is 0 Å². The van der Waals surface area contributed by atoms with E-state index in [2.05, 4.69) is 25.5 Å². The summed E-state index contributed by atoms with van der Waals surface area (Å²) in [5.41, 5.74) is -2.20. The molecule has 0 aliphatic heterocycles. The van der Waals surface area contributed by atoms with Crippen molar-refractivity contribution < 1.29 is 22.7 Å². The molecule has 2 aliphatic rings. The Bertz CT molecular complexity index is 322. The average Bonchev–Trinajstić information content (AvgIpc) is 2.86. The van der Waals surface area contributed by atoms with Crippen molar-refractivity contribution in [1.29, 1.82) is 0 Å². The molecular weight excluding hydrogens is 257 g/mol. The Hall–Kier alpha value is -0.740. The third kappa shape index (κ3) is 3.06. The van der Waals surface area contributed by atoms with Crippen molar-refractivity contribution in [3.8, 4) is 0 Å². The van der Waals surface area contributed by atoms with E-state index in [0.29, 0.717) is 12.8 Å². The van der Waals surface area contributed by atoms with Gasteiger partial charge in [-0.15, -0.1) is 0 Å². The lowest BCUT2D eigenvalue weighted by Gasteiger charge is -2.36. The SMILES string of the molecule is CC(C)C.COC(=O)C1(C(F)(F)F)CC2CCC1C2. The second-order valence-corrected chi connectivity index (χ2v) is 6.27. The lowest BCUT2D eigenvalue weighted by Crippen LogP contribution is -2.49. The first-order valence-corrected chi connectivity index (χ1v) is 6.80. The van der Waals surface area contributed by atoms with Crippen LogP contribution in [-0.4, -0.2) is 19.3 Å².